The van der Waals surface area contributed by atoms with Crippen LogP contribution in [0.15, 0.2) is 47.4 Å². The maximum Gasteiger partial charge on any atom is 0.247 e. The fourth-order valence-corrected chi connectivity index (χ4v) is 7.54. The number of benzene rings is 2. The minimum Gasteiger partial charge on any atom is -0.376 e. The van der Waals surface area contributed by atoms with Crippen LogP contribution in [0.5, 0.6) is 0 Å². The van der Waals surface area contributed by atoms with E-state index in [1.54, 1.807) is 29.2 Å². The van der Waals surface area contributed by atoms with E-state index >= 15 is 0 Å². The molecular weight excluding hydrogens is 482 g/mol. The number of rotatable bonds is 7. The van der Waals surface area contributed by atoms with Crippen molar-refractivity contribution in [2.45, 2.75) is 63.0 Å². The van der Waals surface area contributed by atoms with E-state index in [0.717, 1.165) is 35.0 Å². The van der Waals surface area contributed by atoms with Crippen LogP contribution < -0.4 is 4.90 Å². The summed E-state index contributed by atoms with van der Waals surface area (Å²) in [7, 11) is -3.79. The molecule has 0 N–H and O–H groups in total. The topological polar surface area (TPSA) is 79.8 Å². The number of ether oxygens (including phenoxy) is 1. The standard InChI is InChI=1S/C26H31N3O4S2/c1-3-19-10-13-22-24(16-19)34-26(27-22)28(17-20-6-5-15-33-20)25(30)23-7-4-14-29(23)35(31,32)21-11-8-18(2)9-12-21/h8-13,16,20,23H,3-7,14-15,17H2,1-2H3. The molecule has 1 amide bonds. The lowest BCUT2D eigenvalue weighted by atomic mass is 10.1. The zero-order chi connectivity index (χ0) is 24.6. The third-order valence-electron chi connectivity index (χ3n) is 6.87. The minimum atomic E-state index is -3.79. The summed E-state index contributed by atoms with van der Waals surface area (Å²) in [5.41, 5.74) is 3.06. The Morgan fingerprint density at radius 3 is 2.69 bits per heavy atom. The maximum atomic E-state index is 14.0. The Bertz CT molecular complexity index is 1310. The van der Waals surface area contributed by atoms with E-state index in [4.69, 9.17) is 9.72 Å². The van der Waals surface area contributed by atoms with Crippen LogP contribution in [0.1, 0.15) is 43.7 Å². The first-order valence-corrected chi connectivity index (χ1v) is 14.5. The SMILES string of the molecule is CCc1ccc2nc(N(CC3CCCO3)C(=O)C3CCCN3S(=O)(=O)c3ccc(C)cc3)sc2c1. The molecule has 3 aromatic rings. The molecule has 3 heterocycles. The highest BCUT2D eigenvalue weighted by Gasteiger charge is 2.42. The van der Waals surface area contributed by atoms with E-state index in [-0.39, 0.29) is 16.9 Å². The van der Waals surface area contributed by atoms with Gasteiger partial charge in [-0.2, -0.15) is 4.31 Å². The first-order chi connectivity index (χ1) is 16.9. The summed E-state index contributed by atoms with van der Waals surface area (Å²) in [6.45, 7) is 5.43. The number of fused-ring (bicyclic) bond motifs is 1. The molecule has 2 fully saturated rings. The third kappa shape index (κ3) is 4.87. The van der Waals surface area contributed by atoms with Gasteiger partial charge in [-0.15, -0.1) is 0 Å². The average molecular weight is 514 g/mol. The fourth-order valence-electron chi connectivity index (χ4n) is 4.85. The lowest BCUT2D eigenvalue weighted by Crippen LogP contribution is -2.49. The van der Waals surface area contributed by atoms with Crippen molar-refractivity contribution in [3.8, 4) is 0 Å². The molecule has 2 aliphatic rings. The summed E-state index contributed by atoms with van der Waals surface area (Å²) < 4.78 is 35.2. The molecule has 186 valence electrons. The summed E-state index contributed by atoms with van der Waals surface area (Å²) in [5, 5.41) is 0.605. The number of amides is 1. The molecule has 0 bridgehead atoms. The molecule has 2 atom stereocenters. The van der Waals surface area contributed by atoms with Crippen molar-refractivity contribution < 1.29 is 17.9 Å². The van der Waals surface area contributed by atoms with Crippen LogP contribution in [-0.2, 0) is 26.0 Å². The summed E-state index contributed by atoms with van der Waals surface area (Å²) in [6.07, 6.45) is 3.84. The number of hydrogen-bond donors (Lipinski definition) is 0. The summed E-state index contributed by atoms with van der Waals surface area (Å²) >= 11 is 1.48. The Morgan fingerprint density at radius 1 is 1.17 bits per heavy atom. The number of nitrogens with zero attached hydrogens (tertiary/aromatic N) is 3. The minimum absolute atomic E-state index is 0.0688. The Labute approximate surface area is 210 Å². The quantitative estimate of drug-likeness (QED) is 0.464. The van der Waals surface area contributed by atoms with Gasteiger partial charge in [0.1, 0.15) is 6.04 Å². The molecule has 1 aromatic heterocycles. The van der Waals surface area contributed by atoms with Crippen LogP contribution in [0.4, 0.5) is 5.13 Å². The molecule has 2 aromatic carbocycles. The highest BCUT2D eigenvalue weighted by molar-refractivity contribution is 7.89. The van der Waals surface area contributed by atoms with Gasteiger partial charge in [-0.05, 0) is 68.9 Å². The van der Waals surface area contributed by atoms with Crippen molar-refractivity contribution in [3.63, 3.8) is 0 Å². The molecule has 0 saturated carbocycles. The summed E-state index contributed by atoms with van der Waals surface area (Å²) in [6, 6.07) is 12.2. The third-order valence-corrected chi connectivity index (χ3v) is 9.84. The highest BCUT2D eigenvalue weighted by atomic mass is 32.2. The monoisotopic (exact) mass is 513 g/mol. The molecule has 0 spiro atoms. The van der Waals surface area contributed by atoms with Crippen molar-refractivity contribution in [3.05, 3.63) is 53.6 Å². The van der Waals surface area contributed by atoms with E-state index in [1.165, 1.54) is 21.2 Å². The summed E-state index contributed by atoms with van der Waals surface area (Å²) in [4.78, 5) is 20.7. The van der Waals surface area contributed by atoms with Gasteiger partial charge in [0.15, 0.2) is 5.13 Å². The largest absolute Gasteiger partial charge is 0.376 e. The number of carbonyl (C=O) groups is 1. The lowest BCUT2D eigenvalue weighted by molar-refractivity contribution is -0.122. The molecule has 2 unspecified atom stereocenters. The van der Waals surface area contributed by atoms with Crippen molar-refractivity contribution >= 4 is 42.6 Å². The van der Waals surface area contributed by atoms with Gasteiger partial charge in [-0.3, -0.25) is 9.69 Å². The van der Waals surface area contributed by atoms with Gasteiger partial charge in [-0.1, -0.05) is 42.0 Å². The second kappa shape index (κ2) is 9.97. The van der Waals surface area contributed by atoms with Gasteiger partial charge in [0, 0.05) is 13.2 Å². The van der Waals surface area contributed by atoms with Gasteiger partial charge >= 0.3 is 0 Å². The molecule has 9 heteroatoms. The van der Waals surface area contributed by atoms with E-state index in [2.05, 4.69) is 19.1 Å². The molecule has 0 aliphatic carbocycles. The zero-order valence-corrected chi connectivity index (χ0v) is 21.8. The number of sulfonamides is 1. The number of aryl methyl sites for hydroxylation is 2. The van der Waals surface area contributed by atoms with Gasteiger partial charge in [-0.25, -0.2) is 13.4 Å². The van der Waals surface area contributed by atoms with Crippen molar-refractivity contribution in [2.75, 3.05) is 24.6 Å². The van der Waals surface area contributed by atoms with E-state index in [1.807, 2.05) is 13.0 Å². The van der Waals surface area contributed by atoms with Gasteiger partial charge in [0.25, 0.3) is 0 Å². The van der Waals surface area contributed by atoms with Crippen molar-refractivity contribution in [1.82, 2.24) is 9.29 Å². The van der Waals surface area contributed by atoms with Crippen molar-refractivity contribution in [1.29, 1.82) is 0 Å². The Kier molecular flexibility index (Phi) is 6.94. The van der Waals surface area contributed by atoms with Crippen LogP contribution in [0, 0.1) is 6.92 Å². The van der Waals surface area contributed by atoms with Crippen LogP contribution in [0.3, 0.4) is 0 Å². The first kappa shape index (κ1) is 24.4. The van der Waals surface area contributed by atoms with Gasteiger partial charge in [0.05, 0.1) is 27.8 Å². The number of anilines is 1. The first-order valence-electron chi connectivity index (χ1n) is 12.3. The van der Waals surface area contributed by atoms with Gasteiger partial charge < -0.3 is 4.74 Å². The number of carbonyl (C=O) groups excluding carboxylic acids is 1. The smallest absolute Gasteiger partial charge is 0.247 e. The highest BCUT2D eigenvalue weighted by Crippen LogP contribution is 2.34. The number of hydrogen-bond acceptors (Lipinski definition) is 6. The van der Waals surface area contributed by atoms with Crippen LogP contribution in [0.2, 0.25) is 0 Å². The van der Waals surface area contributed by atoms with Gasteiger partial charge in [0.2, 0.25) is 15.9 Å². The van der Waals surface area contributed by atoms with Crippen LogP contribution in [-0.4, -0.2) is 55.5 Å². The molecule has 2 saturated heterocycles. The predicted molar refractivity (Wildman–Crippen MR) is 138 cm³/mol. The van der Waals surface area contributed by atoms with E-state index in [0.29, 0.717) is 37.7 Å². The maximum absolute atomic E-state index is 14.0. The number of thiazole rings is 1. The molecule has 0 radical (unpaired) electrons. The fraction of sp³-hybridized carbons (Fsp3) is 0.462. The Balaban J connectivity index is 1.48. The molecule has 5 rings (SSSR count). The predicted octanol–water partition coefficient (Wildman–Crippen LogP) is 4.53. The average Bonchev–Trinajstić information content (AvgIpc) is 3.62. The second-order valence-corrected chi connectivity index (χ2v) is 12.2. The summed E-state index contributed by atoms with van der Waals surface area (Å²) in [5.74, 6) is -0.219. The van der Waals surface area contributed by atoms with Crippen LogP contribution in [0.25, 0.3) is 10.2 Å². The normalized spacial score (nSPS) is 21.1. The Morgan fingerprint density at radius 2 is 1.97 bits per heavy atom. The molecule has 35 heavy (non-hydrogen) atoms. The zero-order valence-electron chi connectivity index (χ0n) is 20.1. The number of aromatic nitrogens is 1. The molecule has 7 nitrogen and oxygen atoms in total. The van der Waals surface area contributed by atoms with E-state index < -0.39 is 16.1 Å². The van der Waals surface area contributed by atoms with Crippen molar-refractivity contribution in [2.24, 2.45) is 0 Å². The molecular formula is C26H31N3O4S2. The molecule has 2 aliphatic heterocycles. The Hall–Kier alpha value is -2.33. The second-order valence-electron chi connectivity index (χ2n) is 9.32. The van der Waals surface area contributed by atoms with E-state index in [9.17, 15) is 13.2 Å². The lowest BCUT2D eigenvalue weighted by Gasteiger charge is -2.29. The van der Waals surface area contributed by atoms with Crippen LogP contribution >= 0.6 is 11.3 Å².